The van der Waals surface area contributed by atoms with Crippen LogP contribution in [0.15, 0.2) is 29.3 Å². The minimum absolute atomic E-state index is 0.156. The summed E-state index contributed by atoms with van der Waals surface area (Å²) in [6, 6.07) is 2.47. The van der Waals surface area contributed by atoms with Crippen molar-refractivity contribution in [1.29, 1.82) is 0 Å². The van der Waals surface area contributed by atoms with Gasteiger partial charge in [-0.15, -0.1) is 0 Å². The fourth-order valence-electron chi connectivity index (χ4n) is 4.42. The number of piperazine rings is 1. The minimum Gasteiger partial charge on any atom is -0.371 e. The van der Waals surface area contributed by atoms with Crippen LogP contribution in [0.1, 0.15) is 17.4 Å². The third-order valence-electron chi connectivity index (χ3n) is 6.31. The fourth-order valence-corrected chi connectivity index (χ4v) is 4.42. The predicted octanol–water partition coefficient (Wildman–Crippen LogP) is 1.73. The van der Waals surface area contributed by atoms with Crippen LogP contribution in [-0.2, 0) is 15.7 Å². The summed E-state index contributed by atoms with van der Waals surface area (Å²) in [5.74, 6) is -0.640. The standard InChI is InChI=1S/C22H21F4N7O3/c1-31-10-16(19-18-14(20(35)30-29-19)6-13(23)7-15(18)31)36-11-17(34)32-2-4-33(5-3-32)21-27-8-12(9-28-21)22(24,25)26/h6-9,16H,2-5,10-11H2,1H3,(H,30,35). The highest BCUT2D eigenvalue weighted by molar-refractivity contribution is 5.97. The van der Waals surface area contributed by atoms with Crippen molar-refractivity contribution < 1.29 is 27.1 Å². The molecule has 1 amide bonds. The molecule has 2 aromatic heterocycles. The molecule has 2 aliphatic heterocycles. The van der Waals surface area contributed by atoms with Crippen LogP contribution in [0.5, 0.6) is 0 Å². The smallest absolute Gasteiger partial charge is 0.371 e. The number of halogens is 4. The number of carbonyl (C=O) groups is 1. The lowest BCUT2D eigenvalue weighted by atomic mass is 10.0. The summed E-state index contributed by atoms with van der Waals surface area (Å²) in [7, 11) is 1.74. The number of nitrogens with zero attached hydrogens (tertiary/aromatic N) is 6. The van der Waals surface area contributed by atoms with Crippen LogP contribution in [0.25, 0.3) is 10.8 Å². The van der Waals surface area contributed by atoms with E-state index >= 15 is 0 Å². The molecule has 14 heteroatoms. The van der Waals surface area contributed by atoms with Gasteiger partial charge >= 0.3 is 6.18 Å². The van der Waals surface area contributed by atoms with Gasteiger partial charge in [-0.3, -0.25) is 9.59 Å². The molecule has 0 radical (unpaired) electrons. The molecule has 0 aliphatic carbocycles. The van der Waals surface area contributed by atoms with Gasteiger partial charge in [-0.2, -0.15) is 18.3 Å². The van der Waals surface area contributed by atoms with Gasteiger partial charge in [0.05, 0.1) is 10.9 Å². The molecule has 1 aromatic carbocycles. The maximum Gasteiger partial charge on any atom is 0.419 e. The molecule has 1 fully saturated rings. The van der Waals surface area contributed by atoms with E-state index in [4.69, 9.17) is 4.74 Å². The van der Waals surface area contributed by atoms with Crippen LogP contribution in [0, 0.1) is 5.82 Å². The number of rotatable bonds is 4. The lowest BCUT2D eigenvalue weighted by molar-refractivity contribution is -0.139. The summed E-state index contributed by atoms with van der Waals surface area (Å²) in [5.41, 5.74) is -0.497. The van der Waals surface area contributed by atoms with E-state index in [0.29, 0.717) is 49.5 Å². The third-order valence-corrected chi connectivity index (χ3v) is 6.31. The quantitative estimate of drug-likeness (QED) is 0.533. The Morgan fingerprint density at radius 2 is 1.86 bits per heavy atom. The fraction of sp³-hybridized carbons (Fsp3) is 0.409. The van der Waals surface area contributed by atoms with Crippen LogP contribution < -0.4 is 15.4 Å². The van der Waals surface area contributed by atoms with Gasteiger partial charge in [-0.25, -0.2) is 19.5 Å². The highest BCUT2D eigenvalue weighted by Gasteiger charge is 2.33. The van der Waals surface area contributed by atoms with Gasteiger partial charge < -0.3 is 19.4 Å². The first-order chi connectivity index (χ1) is 17.1. The number of nitrogens with one attached hydrogen (secondary N) is 1. The summed E-state index contributed by atoms with van der Waals surface area (Å²) < 4.78 is 58.0. The first-order valence-electron chi connectivity index (χ1n) is 11.1. The molecule has 190 valence electrons. The second-order valence-corrected chi connectivity index (χ2v) is 8.60. The number of carbonyl (C=O) groups excluding carboxylic acids is 1. The number of aromatic amines is 1. The van der Waals surface area contributed by atoms with Gasteiger partial charge in [-0.1, -0.05) is 0 Å². The van der Waals surface area contributed by atoms with Crippen LogP contribution in [0.3, 0.4) is 0 Å². The number of anilines is 2. The Bertz CT molecular complexity index is 1350. The Hall–Kier alpha value is -3.81. The summed E-state index contributed by atoms with van der Waals surface area (Å²) >= 11 is 0. The number of H-pyrrole nitrogens is 1. The number of amides is 1. The van der Waals surface area contributed by atoms with E-state index in [0.717, 1.165) is 18.5 Å². The normalized spacial score (nSPS) is 18.1. The number of hydrogen-bond donors (Lipinski definition) is 1. The molecular formula is C22H21F4N7O3. The zero-order chi connectivity index (χ0) is 25.6. The molecule has 0 spiro atoms. The Labute approximate surface area is 201 Å². The Morgan fingerprint density at radius 3 is 2.53 bits per heavy atom. The molecule has 1 unspecified atom stereocenters. The topological polar surface area (TPSA) is 108 Å². The molecule has 36 heavy (non-hydrogen) atoms. The van der Waals surface area contributed by atoms with Gasteiger partial charge in [0, 0.05) is 63.2 Å². The van der Waals surface area contributed by atoms with Crippen molar-refractivity contribution in [3.8, 4) is 0 Å². The highest BCUT2D eigenvalue weighted by atomic mass is 19.4. The van der Waals surface area contributed by atoms with Gasteiger partial charge in [0.25, 0.3) is 5.56 Å². The lowest BCUT2D eigenvalue weighted by Crippen LogP contribution is -2.50. The number of ether oxygens (including phenoxy) is 1. The Balaban J connectivity index is 1.22. The van der Waals surface area contributed by atoms with Gasteiger partial charge in [-0.05, 0) is 12.1 Å². The van der Waals surface area contributed by atoms with Crippen molar-refractivity contribution in [2.45, 2.75) is 12.3 Å². The molecule has 4 heterocycles. The number of likely N-dealkylation sites (N-methyl/N-ethyl adjacent to an activating group) is 1. The van der Waals surface area contributed by atoms with Crippen molar-refractivity contribution >= 4 is 28.3 Å². The third kappa shape index (κ3) is 4.43. The second-order valence-electron chi connectivity index (χ2n) is 8.60. The molecule has 2 aliphatic rings. The molecule has 0 saturated carbocycles. The molecular weight excluding hydrogens is 486 g/mol. The molecule has 10 nitrogen and oxygen atoms in total. The van der Waals surface area contributed by atoms with Crippen molar-refractivity contribution in [2.24, 2.45) is 0 Å². The Kier molecular flexibility index (Phi) is 5.98. The number of aromatic nitrogens is 4. The molecule has 1 atom stereocenters. The average molecular weight is 507 g/mol. The number of hydrogen-bond acceptors (Lipinski definition) is 8. The summed E-state index contributed by atoms with van der Waals surface area (Å²) in [6.07, 6.45) is -3.66. The zero-order valence-corrected chi connectivity index (χ0v) is 19.0. The zero-order valence-electron chi connectivity index (χ0n) is 19.0. The van der Waals surface area contributed by atoms with Crippen molar-refractivity contribution in [1.82, 2.24) is 25.1 Å². The van der Waals surface area contributed by atoms with E-state index in [9.17, 15) is 27.2 Å². The molecule has 1 saturated heterocycles. The van der Waals surface area contributed by atoms with Crippen LogP contribution in [0.2, 0.25) is 0 Å². The monoisotopic (exact) mass is 507 g/mol. The Morgan fingerprint density at radius 1 is 1.17 bits per heavy atom. The first kappa shape index (κ1) is 23.9. The van der Waals surface area contributed by atoms with Crippen molar-refractivity contribution in [2.75, 3.05) is 56.2 Å². The highest BCUT2D eigenvalue weighted by Crippen LogP contribution is 2.37. The molecule has 3 aromatic rings. The van der Waals surface area contributed by atoms with Crippen molar-refractivity contribution in [3.63, 3.8) is 0 Å². The summed E-state index contributed by atoms with van der Waals surface area (Å²) in [6.45, 7) is 1.40. The van der Waals surface area contributed by atoms with Gasteiger partial charge in [0.1, 0.15) is 24.2 Å². The minimum atomic E-state index is -4.51. The van der Waals surface area contributed by atoms with Crippen LogP contribution >= 0.6 is 0 Å². The van der Waals surface area contributed by atoms with Crippen LogP contribution in [0.4, 0.5) is 29.2 Å². The maximum absolute atomic E-state index is 14.0. The van der Waals surface area contributed by atoms with E-state index in [1.54, 1.807) is 21.7 Å². The van der Waals surface area contributed by atoms with E-state index in [1.165, 1.54) is 6.07 Å². The largest absolute Gasteiger partial charge is 0.419 e. The van der Waals surface area contributed by atoms with Crippen LogP contribution in [-0.4, -0.2) is 77.4 Å². The predicted molar refractivity (Wildman–Crippen MR) is 120 cm³/mol. The number of benzene rings is 1. The van der Waals surface area contributed by atoms with E-state index in [1.807, 2.05) is 0 Å². The molecule has 5 rings (SSSR count). The van der Waals surface area contributed by atoms with E-state index in [2.05, 4.69) is 20.2 Å². The second kappa shape index (κ2) is 9.00. The van der Waals surface area contributed by atoms with Gasteiger partial charge in [0.15, 0.2) is 0 Å². The van der Waals surface area contributed by atoms with Crippen molar-refractivity contribution in [3.05, 3.63) is 52.0 Å². The van der Waals surface area contributed by atoms with E-state index in [-0.39, 0.29) is 23.8 Å². The SMILES string of the molecule is CN1CC(OCC(=O)N2CCN(c3ncc(C(F)(F)F)cn3)CC2)c2n[nH]c(=O)c3cc(F)cc1c23. The average Bonchev–Trinajstić information content (AvgIpc) is 2.86. The molecule has 1 N–H and O–H groups in total. The summed E-state index contributed by atoms with van der Waals surface area (Å²) in [4.78, 5) is 37.6. The number of alkyl halides is 3. The maximum atomic E-state index is 14.0. The lowest BCUT2D eigenvalue weighted by Gasteiger charge is -2.35. The summed E-state index contributed by atoms with van der Waals surface area (Å²) in [5, 5.41) is 7.11. The van der Waals surface area contributed by atoms with E-state index < -0.39 is 29.2 Å². The first-order valence-corrected chi connectivity index (χ1v) is 11.1. The van der Waals surface area contributed by atoms with Gasteiger partial charge in [0.2, 0.25) is 11.9 Å². The molecule has 0 bridgehead atoms.